The Labute approximate surface area is 152 Å². The molecular weight excluding hydrogens is 326 g/mol. The van der Waals surface area contributed by atoms with Crippen LogP contribution in [0.5, 0.6) is 0 Å². The first kappa shape index (κ1) is 16.6. The molecule has 0 unspecified atom stereocenters. The fourth-order valence-electron chi connectivity index (χ4n) is 3.54. The molecule has 0 spiro atoms. The van der Waals surface area contributed by atoms with Crippen molar-refractivity contribution in [3.8, 4) is 5.82 Å². The second-order valence-corrected chi connectivity index (χ2v) is 7.21. The summed E-state index contributed by atoms with van der Waals surface area (Å²) in [5.74, 6) is 0.825. The topological polar surface area (TPSA) is 64.7 Å². The van der Waals surface area contributed by atoms with Gasteiger partial charge in [-0.15, -0.1) is 0 Å². The molecule has 0 bridgehead atoms. The van der Waals surface area contributed by atoms with E-state index in [1.165, 1.54) is 0 Å². The van der Waals surface area contributed by atoms with Crippen LogP contribution >= 0.6 is 0 Å². The van der Waals surface area contributed by atoms with Crippen LogP contribution in [0.2, 0.25) is 0 Å². The summed E-state index contributed by atoms with van der Waals surface area (Å²) in [6.07, 6.45) is 10.4. The minimum atomic E-state index is -0.641. The van der Waals surface area contributed by atoms with E-state index < -0.39 is 5.54 Å². The Morgan fingerprint density at radius 2 is 2.04 bits per heavy atom. The summed E-state index contributed by atoms with van der Waals surface area (Å²) in [4.78, 5) is 17.3. The highest BCUT2D eigenvalue weighted by molar-refractivity contribution is 5.84. The minimum absolute atomic E-state index is 0.0112. The third-order valence-corrected chi connectivity index (χ3v) is 5.16. The number of aromatic nitrogens is 4. The lowest BCUT2D eigenvalue weighted by molar-refractivity contribution is -0.129. The predicted octanol–water partition coefficient (Wildman–Crippen LogP) is 3.00. The van der Waals surface area contributed by atoms with Crippen LogP contribution < -0.4 is 5.32 Å². The Morgan fingerprint density at radius 1 is 1.23 bits per heavy atom. The zero-order chi connectivity index (χ0) is 18.1. The van der Waals surface area contributed by atoms with Crippen LogP contribution in [0.3, 0.4) is 0 Å². The number of hydrogen-bond acceptors (Lipinski definition) is 3. The highest BCUT2D eigenvalue weighted by Gasteiger charge is 2.33. The average Bonchev–Trinajstić information content (AvgIpc) is 3.33. The molecule has 1 aliphatic carbocycles. The number of hydrogen-bond donors (Lipinski definition) is 1. The number of nitrogens with zero attached hydrogens (tertiary/aromatic N) is 4. The lowest BCUT2D eigenvalue weighted by Gasteiger charge is -2.30. The summed E-state index contributed by atoms with van der Waals surface area (Å²) in [6, 6.07) is 9.66. The van der Waals surface area contributed by atoms with Crippen LogP contribution in [0.25, 0.3) is 5.82 Å². The molecule has 0 aliphatic heterocycles. The second-order valence-electron chi connectivity index (χ2n) is 7.21. The first-order valence-electron chi connectivity index (χ1n) is 9.00. The monoisotopic (exact) mass is 349 g/mol. The Balaban J connectivity index is 1.59. The number of pyridine rings is 1. The van der Waals surface area contributed by atoms with Gasteiger partial charge in [0, 0.05) is 24.2 Å². The molecule has 6 heteroatoms. The van der Waals surface area contributed by atoms with E-state index in [2.05, 4.69) is 15.4 Å². The number of rotatable bonds is 4. The van der Waals surface area contributed by atoms with Gasteiger partial charge in [0.25, 0.3) is 0 Å². The van der Waals surface area contributed by atoms with E-state index in [1.807, 2.05) is 72.0 Å². The normalized spacial score (nSPS) is 16.9. The average molecular weight is 349 g/mol. The van der Waals surface area contributed by atoms with E-state index in [0.29, 0.717) is 0 Å². The van der Waals surface area contributed by atoms with E-state index in [-0.39, 0.29) is 11.9 Å². The van der Waals surface area contributed by atoms with Crippen LogP contribution in [0, 0.1) is 0 Å². The van der Waals surface area contributed by atoms with Gasteiger partial charge in [0.15, 0.2) is 5.82 Å². The zero-order valence-electron chi connectivity index (χ0n) is 15.1. The number of amides is 1. The molecule has 3 heterocycles. The minimum Gasteiger partial charge on any atom is -0.347 e. The summed E-state index contributed by atoms with van der Waals surface area (Å²) < 4.78 is 3.83. The van der Waals surface area contributed by atoms with Gasteiger partial charge in [0.2, 0.25) is 5.91 Å². The third-order valence-electron chi connectivity index (χ3n) is 5.16. The van der Waals surface area contributed by atoms with Crippen LogP contribution in [-0.4, -0.2) is 25.2 Å². The van der Waals surface area contributed by atoms with Gasteiger partial charge in [-0.05, 0) is 57.4 Å². The number of carbonyl (C=O) groups is 1. The van der Waals surface area contributed by atoms with Crippen molar-refractivity contribution in [3.63, 3.8) is 0 Å². The van der Waals surface area contributed by atoms with Gasteiger partial charge in [0.05, 0.1) is 17.9 Å². The highest BCUT2D eigenvalue weighted by atomic mass is 16.2. The van der Waals surface area contributed by atoms with Crippen molar-refractivity contribution in [2.75, 3.05) is 0 Å². The fraction of sp³-hybridized carbons (Fsp3) is 0.350. The Morgan fingerprint density at radius 3 is 2.77 bits per heavy atom. The van der Waals surface area contributed by atoms with Gasteiger partial charge in [0.1, 0.15) is 5.54 Å². The van der Waals surface area contributed by atoms with E-state index >= 15 is 0 Å². The molecule has 0 radical (unpaired) electrons. The predicted molar refractivity (Wildman–Crippen MR) is 98.9 cm³/mol. The molecular formula is C20H23N5O. The van der Waals surface area contributed by atoms with Crippen molar-refractivity contribution >= 4 is 5.91 Å². The van der Waals surface area contributed by atoms with Gasteiger partial charge >= 0.3 is 0 Å². The van der Waals surface area contributed by atoms with E-state index in [0.717, 1.165) is 36.3 Å². The van der Waals surface area contributed by atoms with Crippen LogP contribution in [0.15, 0.2) is 55.1 Å². The molecule has 0 saturated heterocycles. The molecule has 4 rings (SSSR count). The van der Waals surface area contributed by atoms with Crippen LogP contribution in [-0.2, 0) is 16.8 Å². The molecule has 3 aromatic heterocycles. The van der Waals surface area contributed by atoms with E-state index in [4.69, 9.17) is 0 Å². The molecule has 1 aliphatic rings. The highest BCUT2D eigenvalue weighted by Crippen LogP contribution is 2.31. The first-order valence-corrected chi connectivity index (χ1v) is 9.00. The van der Waals surface area contributed by atoms with E-state index in [1.54, 1.807) is 6.20 Å². The van der Waals surface area contributed by atoms with Gasteiger partial charge in [-0.3, -0.25) is 4.79 Å². The van der Waals surface area contributed by atoms with Gasteiger partial charge in [-0.1, -0.05) is 6.07 Å². The van der Waals surface area contributed by atoms with Crippen molar-refractivity contribution < 1.29 is 4.79 Å². The second kappa shape index (κ2) is 6.44. The molecule has 1 amide bonds. The Kier molecular flexibility index (Phi) is 4.11. The van der Waals surface area contributed by atoms with Gasteiger partial charge < -0.3 is 9.88 Å². The lowest BCUT2D eigenvalue weighted by atomic mass is 9.92. The van der Waals surface area contributed by atoms with Crippen LogP contribution in [0.1, 0.15) is 44.0 Å². The van der Waals surface area contributed by atoms with Crippen LogP contribution in [0.4, 0.5) is 0 Å². The quantitative estimate of drug-likeness (QED) is 0.787. The molecule has 3 aromatic rings. The Hall–Kier alpha value is -2.89. The summed E-state index contributed by atoms with van der Waals surface area (Å²) >= 11 is 0. The summed E-state index contributed by atoms with van der Waals surface area (Å²) in [5, 5.41) is 7.77. The summed E-state index contributed by atoms with van der Waals surface area (Å²) in [5.41, 5.74) is 1.59. The zero-order valence-corrected chi connectivity index (χ0v) is 15.1. The maximum Gasteiger partial charge on any atom is 0.246 e. The number of carbonyl (C=O) groups excluding carboxylic acids is 1. The fourth-order valence-corrected chi connectivity index (χ4v) is 3.54. The van der Waals surface area contributed by atoms with Gasteiger partial charge in [-0.25, -0.2) is 9.67 Å². The summed E-state index contributed by atoms with van der Waals surface area (Å²) in [7, 11) is 0. The SMILES string of the molecule is CC(C)(C(=O)N[C@@H]1CCCc2c1cnn2-c1ccccn1)n1cccc1. The molecule has 6 nitrogen and oxygen atoms in total. The molecule has 1 N–H and O–H groups in total. The standard InChI is InChI=1S/C20H23N5O/c1-20(2,24-12-5-6-13-24)19(26)23-16-8-7-9-17-15(16)14-22-25(17)18-10-3-4-11-21-18/h3-6,10-14,16H,7-9H2,1-2H3,(H,23,26)/t16-/m1/s1. The maximum absolute atomic E-state index is 12.9. The molecule has 1 atom stereocenters. The largest absolute Gasteiger partial charge is 0.347 e. The molecule has 26 heavy (non-hydrogen) atoms. The number of fused-ring (bicyclic) bond motifs is 1. The van der Waals surface area contributed by atoms with E-state index in [9.17, 15) is 4.79 Å². The first-order chi connectivity index (χ1) is 12.6. The summed E-state index contributed by atoms with van der Waals surface area (Å²) in [6.45, 7) is 3.87. The number of nitrogens with one attached hydrogen (secondary N) is 1. The lowest BCUT2D eigenvalue weighted by Crippen LogP contribution is -2.45. The van der Waals surface area contributed by atoms with Crippen molar-refractivity contribution in [1.29, 1.82) is 0 Å². The molecule has 134 valence electrons. The third kappa shape index (κ3) is 2.81. The van der Waals surface area contributed by atoms with Crippen molar-refractivity contribution in [2.45, 2.75) is 44.7 Å². The van der Waals surface area contributed by atoms with Crippen molar-refractivity contribution in [2.24, 2.45) is 0 Å². The Bertz CT molecular complexity index is 896. The maximum atomic E-state index is 12.9. The molecule has 0 aromatic carbocycles. The van der Waals surface area contributed by atoms with Gasteiger partial charge in [-0.2, -0.15) is 5.10 Å². The van der Waals surface area contributed by atoms with Crippen molar-refractivity contribution in [3.05, 3.63) is 66.4 Å². The molecule has 0 saturated carbocycles. The smallest absolute Gasteiger partial charge is 0.246 e. The van der Waals surface area contributed by atoms with Crippen molar-refractivity contribution in [1.82, 2.24) is 24.6 Å². The molecule has 0 fully saturated rings.